The quantitative estimate of drug-likeness (QED) is 0.638. The molecule has 1 aromatic carbocycles. The maximum absolute atomic E-state index is 11.1. The van der Waals surface area contributed by atoms with Gasteiger partial charge in [-0.1, -0.05) is 44.7 Å². The first-order chi connectivity index (χ1) is 9.90. The van der Waals surface area contributed by atoms with E-state index in [4.69, 9.17) is 4.42 Å². The summed E-state index contributed by atoms with van der Waals surface area (Å²) in [4.78, 5) is 11.1. The van der Waals surface area contributed by atoms with Crippen LogP contribution in [0.4, 0.5) is 0 Å². The van der Waals surface area contributed by atoms with Crippen molar-refractivity contribution in [3.63, 3.8) is 0 Å². The number of esters is 1. The molecule has 0 fully saturated rings. The summed E-state index contributed by atoms with van der Waals surface area (Å²) >= 11 is 1.16. The summed E-state index contributed by atoms with van der Waals surface area (Å²) in [6.07, 6.45) is 0. The second-order valence-corrected chi connectivity index (χ2v) is 6.49. The Hall–Kier alpha value is -1.82. The molecule has 0 radical (unpaired) electrons. The molecule has 1 heterocycles. The Morgan fingerprint density at radius 1 is 1.24 bits per heavy atom. The molecule has 1 aromatic heterocycles. The van der Waals surface area contributed by atoms with Crippen LogP contribution >= 0.6 is 11.8 Å². The Morgan fingerprint density at radius 3 is 2.48 bits per heavy atom. The van der Waals surface area contributed by atoms with Crippen molar-refractivity contribution in [3.8, 4) is 11.5 Å². The molecule has 0 aliphatic carbocycles. The number of carbonyl (C=O) groups is 1. The Bertz CT molecular complexity index is 615. The lowest BCUT2D eigenvalue weighted by atomic mass is 9.87. The maximum Gasteiger partial charge on any atom is 0.316 e. The molecule has 0 unspecified atom stereocenters. The predicted molar refractivity (Wildman–Crippen MR) is 81.2 cm³/mol. The Labute approximate surface area is 128 Å². The SMILES string of the molecule is COC(=O)CSc1nnc(-c2ccc(C(C)(C)C)cc2)o1. The molecule has 112 valence electrons. The van der Waals surface area contributed by atoms with E-state index in [1.54, 1.807) is 0 Å². The van der Waals surface area contributed by atoms with Crippen molar-refractivity contribution >= 4 is 17.7 Å². The second-order valence-electron chi connectivity index (χ2n) is 5.57. The van der Waals surface area contributed by atoms with Gasteiger partial charge in [-0.25, -0.2) is 0 Å². The molecule has 0 aliphatic heterocycles. The number of thioether (sulfide) groups is 1. The van der Waals surface area contributed by atoms with E-state index in [1.165, 1.54) is 12.7 Å². The number of nitrogens with zero attached hydrogens (tertiary/aromatic N) is 2. The fourth-order valence-corrected chi connectivity index (χ4v) is 2.27. The third-order valence-corrected chi connectivity index (χ3v) is 3.74. The van der Waals surface area contributed by atoms with Crippen molar-refractivity contribution in [1.82, 2.24) is 10.2 Å². The number of rotatable bonds is 4. The molecule has 2 aromatic rings. The average molecular weight is 306 g/mol. The van der Waals surface area contributed by atoms with Crippen LogP contribution in [0, 0.1) is 0 Å². The molecule has 5 nitrogen and oxygen atoms in total. The Kier molecular flexibility index (Phi) is 4.67. The van der Waals surface area contributed by atoms with Crippen molar-refractivity contribution in [2.45, 2.75) is 31.4 Å². The normalized spacial score (nSPS) is 11.4. The van der Waals surface area contributed by atoms with E-state index in [1.807, 2.05) is 12.1 Å². The number of aromatic nitrogens is 2. The first kappa shape index (κ1) is 15.6. The number of hydrogen-bond acceptors (Lipinski definition) is 6. The van der Waals surface area contributed by atoms with Crippen molar-refractivity contribution < 1.29 is 13.9 Å². The van der Waals surface area contributed by atoms with Gasteiger partial charge in [-0.2, -0.15) is 0 Å². The lowest BCUT2D eigenvalue weighted by Gasteiger charge is -2.18. The summed E-state index contributed by atoms with van der Waals surface area (Å²) < 4.78 is 10.1. The van der Waals surface area contributed by atoms with Crippen molar-refractivity contribution in [1.29, 1.82) is 0 Å². The number of hydrogen-bond donors (Lipinski definition) is 0. The summed E-state index contributed by atoms with van der Waals surface area (Å²) in [5.41, 5.74) is 2.21. The molecular weight excluding hydrogens is 288 g/mol. The zero-order chi connectivity index (χ0) is 15.5. The van der Waals surface area contributed by atoms with E-state index in [9.17, 15) is 4.79 Å². The zero-order valence-corrected chi connectivity index (χ0v) is 13.4. The highest BCUT2D eigenvalue weighted by atomic mass is 32.2. The van der Waals surface area contributed by atoms with Crippen LogP contribution in [0.2, 0.25) is 0 Å². The van der Waals surface area contributed by atoms with E-state index < -0.39 is 0 Å². The lowest BCUT2D eigenvalue weighted by molar-refractivity contribution is -0.137. The summed E-state index contributed by atoms with van der Waals surface area (Å²) in [6, 6.07) is 8.04. The molecule has 0 saturated carbocycles. The number of methoxy groups -OCH3 is 1. The molecule has 21 heavy (non-hydrogen) atoms. The Balaban J connectivity index is 2.09. The largest absolute Gasteiger partial charge is 0.468 e. The first-order valence-corrected chi connectivity index (χ1v) is 7.53. The van der Waals surface area contributed by atoms with Gasteiger partial charge >= 0.3 is 5.97 Å². The van der Waals surface area contributed by atoms with Crippen LogP contribution in [0.25, 0.3) is 11.5 Å². The highest BCUT2D eigenvalue weighted by molar-refractivity contribution is 7.99. The van der Waals surface area contributed by atoms with Crippen LogP contribution in [-0.4, -0.2) is 29.0 Å². The van der Waals surface area contributed by atoms with Gasteiger partial charge in [0.2, 0.25) is 5.89 Å². The van der Waals surface area contributed by atoms with Crippen LogP contribution in [0.15, 0.2) is 33.9 Å². The standard InChI is InChI=1S/C15H18N2O3S/c1-15(2,3)11-7-5-10(6-8-11)13-16-17-14(20-13)21-9-12(18)19-4/h5-8H,9H2,1-4H3. The molecule has 2 rings (SSSR count). The summed E-state index contributed by atoms with van der Waals surface area (Å²) in [5.74, 6) is 0.276. The third-order valence-electron chi connectivity index (χ3n) is 2.95. The van der Waals surface area contributed by atoms with Gasteiger partial charge in [-0.3, -0.25) is 4.79 Å². The fraction of sp³-hybridized carbons (Fsp3) is 0.400. The highest BCUT2D eigenvalue weighted by Gasteiger charge is 2.15. The number of benzene rings is 1. The summed E-state index contributed by atoms with van der Waals surface area (Å²) in [7, 11) is 1.35. The zero-order valence-electron chi connectivity index (χ0n) is 12.5. The van der Waals surface area contributed by atoms with E-state index >= 15 is 0 Å². The van der Waals surface area contributed by atoms with Gasteiger partial charge in [0.25, 0.3) is 5.22 Å². The van der Waals surface area contributed by atoms with Gasteiger partial charge in [0.15, 0.2) is 0 Å². The Morgan fingerprint density at radius 2 is 1.90 bits per heavy atom. The van der Waals surface area contributed by atoms with Gasteiger partial charge in [0, 0.05) is 5.56 Å². The van der Waals surface area contributed by atoms with E-state index in [0.29, 0.717) is 11.1 Å². The fourth-order valence-electron chi connectivity index (χ4n) is 1.68. The first-order valence-electron chi connectivity index (χ1n) is 6.54. The number of ether oxygens (including phenoxy) is 1. The molecular formula is C15H18N2O3S. The minimum Gasteiger partial charge on any atom is -0.468 e. The minimum absolute atomic E-state index is 0.106. The molecule has 0 aliphatic rings. The van der Waals surface area contributed by atoms with Crippen molar-refractivity contribution in [3.05, 3.63) is 29.8 Å². The predicted octanol–water partition coefficient (Wildman–Crippen LogP) is 3.30. The van der Waals surface area contributed by atoms with Crippen LogP contribution < -0.4 is 0 Å². The summed E-state index contributed by atoms with van der Waals surface area (Å²) in [5, 5.41) is 8.26. The van der Waals surface area contributed by atoms with Crippen LogP contribution in [-0.2, 0) is 14.9 Å². The molecule has 0 saturated heterocycles. The molecule has 0 bridgehead atoms. The van der Waals surface area contributed by atoms with Crippen LogP contribution in [0.1, 0.15) is 26.3 Å². The van der Waals surface area contributed by atoms with E-state index in [2.05, 4.69) is 47.8 Å². The average Bonchev–Trinajstić information content (AvgIpc) is 2.93. The number of carbonyl (C=O) groups excluding carboxylic acids is 1. The van der Waals surface area contributed by atoms with Gasteiger partial charge in [-0.15, -0.1) is 10.2 Å². The van der Waals surface area contributed by atoms with E-state index in [0.717, 1.165) is 17.3 Å². The van der Waals surface area contributed by atoms with Crippen LogP contribution in [0.5, 0.6) is 0 Å². The van der Waals surface area contributed by atoms with Crippen molar-refractivity contribution in [2.24, 2.45) is 0 Å². The van der Waals surface area contributed by atoms with Gasteiger partial charge < -0.3 is 9.15 Å². The van der Waals surface area contributed by atoms with Gasteiger partial charge in [0.05, 0.1) is 7.11 Å². The van der Waals surface area contributed by atoms with Crippen molar-refractivity contribution in [2.75, 3.05) is 12.9 Å². The third kappa shape index (κ3) is 4.07. The molecule has 6 heteroatoms. The van der Waals surface area contributed by atoms with E-state index in [-0.39, 0.29) is 17.1 Å². The minimum atomic E-state index is -0.325. The molecule has 0 spiro atoms. The molecule has 0 amide bonds. The van der Waals surface area contributed by atoms with Crippen LogP contribution in [0.3, 0.4) is 0 Å². The maximum atomic E-state index is 11.1. The highest BCUT2D eigenvalue weighted by Crippen LogP contribution is 2.27. The van der Waals surface area contributed by atoms with Gasteiger partial charge in [0.1, 0.15) is 5.75 Å². The van der Waals surface area contributed by atoms with Gasteiger partial charge in [-0.05, 0) is 23.1 Å². The summed E-state index contributed by atoms with van der Waals surface area (Å²) in [6.45, 7) is 6.49. The second kappa shape index (κ2) is 6.30. The smallest absolute Gasteiger partial charge is 0.316 e. The molecule has 0 atom stereocenters. The lowest BCUT2D eigenvalue weighted by Crippen LogP contribution is -2.10. The topological polar surface area (TPSA) is 65.2 Å². The molecule has 0 N–H and O–H groups in total. The monoisotopic (exact) mass is 306 g/mol.